The van der Waals surface area contributed by atoms with E-state index < -0.39 is 5.97 Å². The highest BCUT2D eigenvalue weighted by atomic mass is 32.1. The van der Waals surface area contributed by atoms with Crippen LogP contribution in [0.2, 0.25) is 0 Å². The number of carboxylic acids is 1. The molecule has 0 bridgehead atoms. The van der Waals surface area contributed by atoms with Gasteiger partial charge in [-0.15, -0.1) is 11.3 Å². The Labute approximate surface area is 115 Å². The minimum absolute atomic E-state index is 0.143. The molecule has 5 heteroatoms. The van der Waals surface area contributed by atoms with Crippen LogP contribution in [0.3, 0.4) is 0 Å². The van der Waals surface area contributed by atoms with Gasteiger partial charge in [0.25, 0.3) is 0 Å². The smallest absolute Gasteiger partial charge is 0.337 e. The van der Waals surface area contributed by atoms with Gasteiger partial charge in [-0.3, -0.25) is 0 Å². The van der Waals surface area contributed by atoms with Gasteiger partial charge in [-0.05, 0) is 43.7 Å². The molecular weight excluding hydrogens is 260 g/mol. The van der Waals surface area contributed by atoms with Crippen LogP contribution in [0.1, 0.15) is 25.7 Å². The maximum absolute atomic E-state index is 11.1. The van der Waals surface area contributed by atoms with Gasteiger partial charge >= 0.3 is 5.97 Å². The summed E-state index contributed by atoms with van der Waals surface area (Å²) < 4.78 is 0. The van der Waals surface area contributed by atoms with E-state index in [-0.39, 0.29) is 5.56 Å². The summed E-state index contributed by atoms with van der Waals surface area (Å²) in [7, 11) is 0. The van der Waals surface area contributed by atoms with Crippen molar-refractivity contribution in [2.24, 2.45) is 0 Å². The first-order valence-corrected chi connectivity index (χ1v) is 6.71. The fourth-order valence-electron chi connectivity index (χ4n) is 1.85. The molecule has 2 aromatic rings. The van der Waals surface area contributed by atoms with Crippen molar-refractivity contribution in [3.8, 4) is 0 Å². The average Bonchev–Trinajstić information content (AvgIpc) is 2.76. The van der Waals surface area contributed by atoms with Crippen LogP contribution in [-0.2, 0) is 6.54 Å². The van der Waals surface area contributed by atoms with Crippen molar-refractivity contribution in [2.45, 2.75) is 20.4 Å². The number of anilines is 2. The van der Waals surface area contributed by atoms with E-state index >= 15 is 0 Å². The highest BCUT2D eigenvalue weighted by Gasteiger charge is 2.11. The number of benzene rings is 1. The van der Waals surface area contributed by atoms with Crippen molar-refractivity contribution >= 4 is 28.7 Å². The summed E-state index contributed by atoms with van der Waals surface area (Å²) in [5, 5.41) is 12.3. The molecule has 0 radical (unpaired) electrons. The second-order valence-corrected chi connectivity index (χ2v) is 5.80. The minimum Gasteiger partial charge on any atom is -0.478 e. The topological polar surface area (TPSA) is 75.3 Å². The Bertz CT molecular complexity index is 620. The zero-order chi connectivity index (χ0) is 14.0. The largest absolute Gasteiger partial charge is 0.478 e. The van der Waals surface area contributed by atoms with Crippen molar-refractivity contribution in [1.29, 1.82) is 0 Å². The second-order valence-electron chi connectivity index (χ2n) is 4.43. The molecule has 0 unspecified atom stereocenters. The number of thiophene rings is 1. The first-order chi connectivity index (χ1) is 8.97. The van der Waals surface area contributed by atoms with E-state index in [0.717, 1.165) is 11.3 Å². The number of carbonyl (C=O) groups is 1. The van der Waals surface area contributed by atoms with Crippen LogP contribution in [0.5, 0.6) is 0 Å². The maximum atomic E-state index is 11.1. The lowest BCUT2D eigenvalue weighted by Gasteiger charge is -2.10. The van der Waals surface area contributed by atoms with Gasteiger partial charge in [0.15, 0.2) is 0 Å². The Kier molecular flexibility index (Phi) is 3.76. The zero-order valence-electron chi connectivity index (χ0n) is 10.9. The molecule has 0 saturated heterocycles. The molecule has 1 aromatic heterocycles. The van der Waals surface area contributed by atoms with E-state index in [2.05, 4.69) is 24.4 Å². The van der Waals surface area contributed by atoms with E-state index in [0.29, 0.717) is 12.2 Å². The van der Waals surface area contributed by atoms with Crippen molar-refractivity contribution < 1.29 is 9.90 Å². The van der Waals surface area contributed by atoms with Crippen LogP contribution in [0.25, 0.3) is 0 Å². The molecule has 0 atom stereocenters. The van der Waals surface area contributed by atoms with Gasteiger partial charge in [-0.2, -0.15) is 0 Å². The molecule has 0 aliphatic rings. The van der Waals surface area contributed by atoms with Crippen molar-refractivity contribution in [1.82, 2.24) is 0 Å². The highest BCUT2D eigenvalue weighted by Crippen LogP contribution is 2.24. The second kappa shape index (κ2) is 5.32. The molecule has 4 nitrogen and oxygen atoms in total. The third-order valence-electron chi connectivity index (χ3n) is 2.88. The van der Waals surface area contributed by atoms with Crippen LogP contribution in [0.4, 0.5) is 11.4 Å². The maximum Gasteiger partial charge on any atom is 0.337 e. The van der Waals surface area contributed by atoms with Crippen LogP contribution in [-0.4, -0.2) is 11.1 Å². The first kappa shape index (κ1) is 13.4. The highest BCUT2D eigenvalue weighted by molar-refractivity contribution is 7.11. The van der Waals surface area contributed by atoms with Crippen molar-refractivity contribution in [3.63, 3.8) is 0 Å². The monoisotopic (exact) mass is 276 g/mol. The van der Waals surface area contributed by atoms with Crippen molar-refractivity contribution in [3.05, 3.63) is 45.1 Å². The van der Waals surface area contributed by atoms with Crippen LogP contribution >= 0.6 is 11.3 Å². The third kappa shape index (κ3) is 3.06. The van der Waals surface area contributed by atoms with Gasteiger partial charge in [-0.25, -0.2) is 4.79 Å². The van der Waals surface area contributed by atoms with Crippen LogP contribution in [0, 0.1) is 13.8 Å². The zero-order valence-corrected chi connectivity index (χ0v) is 11.7. The number of nitrogens with one attached hydrogen (secondary N) is 1. The molecule has 4 N–H and O–H groups in total. The molecule has 1 aromatic carbocycles. The predicted octanol–water partition coefficient (Wildman–Crippen LogP) is 3.26. The number of hydrogen-bond acceptors (Lipinski definition) is 4. The van der Waals surface area contributed by atoms with Gasteiger partial charge < -0.3 is 16.2 Å². The van der Waals surface area contributed by atoms with Gasteiger partial charge in [0.1, 0.15) is 0 Å². The summed E-state index contributed by atoms with van der Waals surface area (Å²) in [6.07, 6.45) is 0. The Morgan fingerprint density at radius 1 is 1.37 bits per heavy atom. The van der Waals surface area contributed by atoms with E-state index in [1.54, 1.807) is 17.4 Å². The SMILES string of the molecule is Cc1ccc(CNc2cc(C)c(N)c(C(=O)O)c2)s1. The third-order valence-corrected chi connectivity index (χ3v) is 3.88. The summed E-state index contributed by atoms with van der Waals surface area (Å²) in [5.41, 5.74) is 7.77. The number of aromatic carboxylic acids is 1. The van der Waals surface area contributed by atoms with Crippen molar-refractivity contribution in [2.75, 3.05) is 11.1 Å². The van der Waals surface area contributed by atoms with E-state index in [1.165, 1.54) is 9.75 Å². The lowest BCUT2D eigenvalue weighted by atomic mass is 10.1. The van der Waals surface area contributed by atoms with Crippen LogP contribution < -0.4 is 11.1 Å². The van der Waals surface area contributed by atoms with E-state index in [1.807, 2.05) is 13.0 Å². The molecule has 0 spiro atoms. The summed E-state index contributed by atoms with van der Waals surface area (Å²) in [5.74, 6) is -1.00. The molecule has 0 amide bonds. The predicted molar refractivity (Wildman–Crippen MR) is 78.9 cm³/mol. The number of rotatable bonds is 4. The molecule has 0 aliphatic heterocycles. The Morgan fingerprint density at radius 3 is 2.68 bits per heavy atom. The number of aryl methyl sites for hydroxylation is 2. The van der Waals surface area contributed by atoms with E-state index in [9.17, 15) is 4.79 Å². The minimum atomic E-state index is -1.00. The summed E-state index contributed by atoms with van der Waals surface area (Å²) in [6, 6.07) is 7.57. The average molecular weight is 276 g/mol. The Hall–Kier alpha value is -2.01. The number of nitrogen functional groups attached to an aromatic ring is 1. The molecule has 2 rings (SSSR count). The number of carboxylic acid groups (broad SMARTS) is 1. The van der Waals surface area contributed by atoms with Gasteiger partial charge in [0, 0.05) is 27.7 Å². The normalized spacial score (nSPS) is 10.4. The standard InChI is InChI=1S/C14H16N2O2S/c1-8-5-10(6-12(13(8)15)14(17)18)16-7-11-4-3-9(2)19-11/h3-6,16H,7,15H2,1-2H3,(H,17,18). The fourth-order valence-corrected chi connectivity index (χ4v) is 2.68. The summed E-state index contributed by atoms with van der Waals surface area (Å²) >= 11 is 1.72. The molecule has 0 fully saturated rings. The van der Waals surface area contributed by atoms with Gasteiger partial charge in [0.2, 0.25) is 0 Å². The lowest BCUT2D eigenvalue weighted by Crippen LogP contribution is -2.06. The first-order valence-electron chi connectivity index (χ1n) is 5.90. The summed E-state index contributed by atoms with van der Waals surface area (Å²) in [6.45, 7) is 4.55. The quantitative estimate of drug-likeness (QED) is 0.749. The molecule has 100 valence electrons. The molecule has 19 heavy (non-hydrogen) atoms. The van der Waals surface area contributed by atoms with E-state index in [4.69, 9.17) is 10.8 Å². The Morgan fingerprint density at radius 2 is 2.11 bits per heavy atom. The van der Waals surface area contributed by atoms with Gasteiger partial charge in [0.05, 0.1) is 5.56 Å². The number of hydrogen-bond donors (Lipinski definition) is 3. The summed E-state index contributed by atoms with van der Waals surface area (Å²) in [4.78, 5) is 13.6. The van der Waals surface area contributed by atoms with Crippen LogP contribution in [0.15, 0.2) is 24.3 Å². The molecule has 0 aliphatic carbocycles. The molecule has 0 saturated carbocycles. The fraction of sp³-hybridized carbons (Fsp3) is 0.214. The Balaban J connectivity index is 2.19. The molecule has 1 heterocycles. The van der Waals surface area contributed by atoms with Gasteiger partial charge in [-0.1, -0.05) is 0 Å². The molecular formula is C14H16N2O2S. The number of nitrogens with two attached hydrogens (primary N) is 1. The lowest BCUT2D eigenvalue weighted by molar-refractivity contribution is 0.0698.